The van der Waals surface area contributed by atoms with Crippen LogP contribution in [0.1, 0.15) is 25.3 Å². The number of benzene rings is 1. The maximum atomic E-state index is 13.2. The largest absolute Gasteiger partial charge is 0.357 e. The Kier molecular flexibility index (Phi) is 7.33. The highest BCUT2D eigenvalue weighted by atomic mass is 32.2. The van der Waals surface area contributed by atoms with E-state index in [1.807, 2.05) is 6.92 Å². The third kappa shape index (κ3) is 6.53. The number of guanidine groups is 1. The molecule has 0 aliphatic carbocycles. The lowest BCUT2D eigenvalue weighted by atomic mass is 9.98. The Morgan fingerprint density at radius 3 is 2.35 bits per heavy atom. The maximum Gasteiger partial charge on any atom is 0.211 e. The molecule has 0 atom stereocenters. The van der Waals surface area contributed by atoms with Crippen molar-refractivity contribution in [1.82, 2.24) is 14.9 Å². The van der Waals surface area contributed by atoms with Crippen molar-refractivity contribution in [2.45, 2.75) is 26.3 Å². The van der Waals surface area contributed by atoms with Gasteiger partial charge in [-0.3, -0.25) is 0 Å². The van der Waals surface area contributed by atoms with E-state index >= 15 is 0 Å². The van der Waals surface area contributed by atoms with Gasteiger partial charge >= 0.3 is 0 Å². The lowest BCUT2D eigenvalue weighted by Crippen LogP contribution is -2.44. The number of nitrogens with zero attached hydrogens (tertiary/aromatic N) is 2. The summed E-state index contributed by atoms with van der Waals surface area (Å²) >= 11 is 0. The number of hydrogen-bond acceptors (Lipinski definition) is 3. The molecule has 9 heteroatoms. The summed E-state index contributed by atoms with van der Waals surface area (Å²) < 4.78 is 51.1. The average Bonchev–Trinajstić information content (AvgIpc) is 2.56. The van der Waals surface area contributed by atoms with Crippen LogP contribution in [0.2, 0.25) is 0 Å². The Hall–Kier alpha value is -1.74. The van der Waals surface area contributed by atoms with Gasteiger partial charge in [0.2, 0.25) is 10.0 Å². The molecule has 1 aliphatic rings. The van der Waals surface area contributed by atoms with Gasteiger partial charge in [-0.1, -0.05) is 0 Å². The molecular formula is C17H26F2N4O2S. The molecule has 0 radical (unpaired) electrons. The van der Waals surface area contributed by atoms with Crippen LogP contribution < -0.4 is 10.6 Å². The van der Waals surface area contributed by atoms with E-state index in [-0.39, 0.29) is 6.54 Å². The lowest BCUT2D eigenvalue weighted by Gasteiger charge is -2.30. The highest BCUT2D eigenvalue weighted by Crippen LogP contribution is 2.18. The predicted octanol–water partition coefficient (Wildman–Crippen LogP) is 1.69. The first-order valence-corrected chi connectivity index (χ1v) is 10.5. The highest BCUT2D eigenvalue weighted by Gasteiger charge is 2.24. The van der Waals surface area contributed by atoms with Gasteiger partial charge in [0.05, 0.1) is 12.8 Å². The summed E-state index contributed by atoms with van der Waals surface area (Å²) in [5, 5.41) is 6.33. The molecule has 1 saturated heterocycles. The van der Waals surface area contributed by atoms with E-state index in [9.17, 15) is 17.2 Å². The zero-order valence-electron chi connectivity index (χ0n) is 15.1. The fourth-order valence-electron chi connectivity index (χ4n) is 2.90. The minimum absolute atomic E-state index is 0.163. The third-order valence-electron chi connectivity index (χ3n) is 4.29. The average molecular weight is 388 g/mol. The molecule has 26 heavy (non-hydrogen) atoms. The fourth-order valence-corrected chi connectivity index (χ4v) is 3.77. The van der Waals surface area contributed by atoms with Crippen molar-refractivity contribution in [2.75, 3.05) is 32.4 Å². The standard InChI is InChI=1S/C17H26F2N4O2S/c1-3-20-17(22-12-14-8-15(18)10-16(19)9-14)21-11-13-4-6-23(7-5-13)26(2,24)25/h8-10,13H,3-7,11-12H2,1-2H3,(H2,20,21,22). The molecule has 2 rings (SSSR count). The van der Waals surface area contributed by atoms with Gasteiger partial charge in [-0.25, -0.2) is 26.5 Å². The minimum atomic E-state index is -3.12. The minimum Gasteiger partial charge on any atom is -0.357 e. The second-order valence-electron chi connectivity index (χ2n) is 6.46. The van der Waals surface area contributed by atoms with E-state index < -0.39 is 21.7 Å². The molecular weight excluding hydrogens is 362 g/mol. The second kappa shape index (κ2) is 9.27. The van der Waals surface area contributed by atoms with E-state index in [1.165, 1.54) is 22.7 Å². The molecule has 1 aromatic rings. The van der Waals surface area contributed by atoms with Crippen LogP contribution in [0.25, 0.3) is 0 Å². The summed E-state index contributed by atoms with van der Waals surface area (Å²) in [6, 6.07) is 3.35. The topological polar surface area (TPSA) is 73.8 Å². The predicted molar refractivity (Wildman–Crippen MR) is 98.3 cm³/mol. The SMILES string of the molecule is CCNC(=NCc1cc(F)cc(F)c1)NCC1CCN(S(C)(=O)=O)CC1. The summed E-state index contributed by atoms with van der Waals surface area (Å²) in [6.07, 6.45) is 2.81. The zero-order chi connectivity index (χ0) is 19.2. The van der Waals surface area contributed by atoms with E-state index in [1.54, 1.807) is 0 Å². The van der Waals surface area contributed by atoms with E-state index in [2.05, 4.69) is 15.6 Å². The number of nitrogens with one attached hydrogen (secondary N) is 2. The molecule has 2 N–H and O–H groups in total. The molecule has 0 spiro atoms. The smallest absolute Gasteiger partial charge is 0.211 e. The van der Waals surface area contributed by atoms with Crippen LogP contribution in [-0.4, -0.2) is 51.1 Å². The number of aliphatic imine (C=N–C) groups is 1. The molecule has 146 valence electrons. The number of rotatable bonds is 6. The van der Waals surface area contributed by atoms with Gasteiger partial charge in [0, 0.05) is 32.2 Å². The van der Waals surface area contributed by atoms with Gasteiger partial charge in [-0.05, 0) is 43.4 Å². The van der Waals surface area contributed by atoms with Gasteiger partial charge in [0.15, 0.2) is 5.96 Å². The number of sulfonamides is 1. The molecule has 1 aliphatic heterocycles. The molecule has 0 aromatic heterocycles. The lowest BCUT2D eigenvalue weighted by molar-refractivity contribution is 0.275. The van der Waals surface area contributed by atoms with Crippen LogP contribution >= 0.6 is 0 Å². The fraction of sp³-hybridized carbons (Fsp3) is 0.588. The van der Waals surface area contributed by atoms with E-state index in [4.69, 9.17) is 0 Å². The van der Waals surface area contributed by atoms with Crippen LogP contribution in [-0.2, 0) is 16.6 Å². The van der Waals surface area contributed by atoms with Crippen molar-refractivity contribution in [1.29, 1.82) is 0 Å². The molecule has 1 heterocycles. The first kappa shape index (κ1) is 20.6. The Labute approximate surface area is 153 Å². The van der Waals surface area contributed by atoms with Crippen molar-refractivity contribution < 1.29 is 17.2 Å². The number of piperidine rings is 1. The maximum absolute atomic E-state index is 13.2. The molecule has 0 amide bonds. The first-order valence-electron chi connectivity index (χ1n) is 8.70. The van der Waals surface area contributed by atoms with Gasteiger partial charge < -0.3 is 10.6 Å². The van der Waals surface area contributed by atoms with E-state index in [0.29, 0.717) is 43.6 Å². The van der Waals surface area contributed by atoms with Crippen LogP contribution in [0, 0.1) is 17.6 Å². The zero-order valence-corrected chi connectivity index (χ0v) is 16.0. The third-order valence-corrected chi connectivity index (χ3v) is 5.59. The van der Waals surface area contributed by atoms with Gasteiger partial charge in [-0.2, -0.15) is 0 Å². The second-order valence-corrected chi connectivity index (χ2v) is 8.44. The van der Waals surface area contributed by atoms with E-state index in [0.717, 1.165) is 18.9 Å². The molecule has 0 unspecified atom stereocenters. The first-order chi connectivity index (χ1) is 12.3. The summed E-state index contributed by atoms with van der Waals surface area (Å²) in [5.41, 5.74) is 0.459. The Balaban J connectivity index is 1.88. The summed E-state index contributed by atoms with van der Waals surface area (Å²) in [4.78, 5) is 4.36. The van der Waals surface area contributed by atoms with Crippen LogP contribution in [0.15, 0.2) is 23.2 Å². The van der Waals surface area contributed by atoms with Crippen molar-refractivity contribution >= 4 is 16.0 Å². The quantitative estimate of drug-likeness (QED) is 0.575. The van der Waals surface area contributed by atoms with Crippen LogP contribution in [0.5, 0.6) is 0 Å². The summed E-state index contributed by atoms with van der Waals surface area (Å²) in [7, 11) is -3.12. The molecule has 1 fully saturated rings. The summed E-state index contributed by atoms with van der Waals surface area (Å²) in [5.74, 6) is -0.317. The van der Waals surface area contributed by atoms with Crippen molar-refractivity contribution in [3.8, 4) is 0 Å². The van der Waals surface area contributed by atoms with Gasteiger partial charge in [0.25, 0.3) is 0 Å². The highest BCUT2D eigenvalue weighted by molar-refractivity contribution is 7.88. The number of halogens is 2. The van der Waals surface area contributed by atoms with Crippen molar-refractivity contribution in [3.63, 3.8) is 0 Å². The Morgan fingerprint density at radius 1 is 1.19 bits per heavy atom. The normalized spacial score (nSPS) is 17.3. The molecule has 1 aromatic carbocycles. The number of hydrogen-bond donors (Lipinski definition) is 2. The van der Waals surface area contributed by atoms with Crippen molar-refractivity contribution in [2.24, 2.45) is 10.9 Å². The molecule has 0 bridgehead atoms. The summed E-state index contributed by atoms with van der Waals surface area (Å²) in [6.45, 7) is 4.49. The monoisotopic (exact) mass is 388 g/mol. The van der Waals surface area contributed by atoms with Crippen LogP contribution in [0.4, 0.5) is 8.78 Å². The molecule has 6 nitrogen and oxygen atoms in total. The Bertz CT molecular complexity index is 712. The Morgan fingerprint density at radius 2 is 1.81 bits per heavy atom. The van der Waals surface area contributed by atoms with Crippen LogP contribution in [0.3, 0.4) is 0 Å². The van der Waals surface area contributed by atoms with Gasteiger partial charge in [-0.15, -0.1) is 0 Å². The molecule has 0 saturated carbocycles. The van der Waals surface area contributed by atoms with Gasteiger partial charge in [0.1, 0.15) is 11.6 Å². The van der Waals surface area contributed by atoms with Crippen molar-refractivity contribution in [3.05, 3.63) is 35.4 Å².